The average molecular weight is 427 g/mol. The van der Waals surface area contributed by atoms with Crippen LogP contribution in [0.2, 0.25) is 5.02 Å². The molecule has 0 atom stereocenters. The van der Waals surface area contributed by atoms with E-state index in [1.54, 1.807) is 37.1 Å². The highest BCUT2D eigenvalue weighted by atomic mass is 35.5. The van der Waals surface area contributed by atoms with E-state index in [0.29, 0.717) is 18.7 Å². The summed E-state index contributed by atoms with van der Waals surface area (Å²) in [6.07, 6.45) is 1.66. The van der Waals surface area contributed by atoms with Crippen LogP contribution in [-0.4, -0.2) is 22.1 Å². The maximum Gasteiger partial charge on any atom is 0.338 e. The van der Waals surface area contributed by atoms with Gasteiger partial charge in [-0.15, -0.1) is 0 Å². The predicted molar refractivity (Wildman–Crippen MR) is 115 cm³/mol. The first-order valence-corrected chi connectivity index (χ1v) is 10.6. The van der Waals surface area contributed by atoms with Crippen LogP contribution in [0, 0.1) is 0 Å². The van der Waals surface area contributed by atoms with Crippen LogP contribution in [0.4, 0.5) is 0 Å². The lowest BCUT2D eigenvalue weighted by atomic mass is 10.2. The summed E-state index contributed by atoms with van der Waals surface area (Å²) >= 11 is 7.61. The summed E-state index contributed by atoms with van der Waals surface area (Å²) in [7, 11) is 0. The molecular formula is C22H19ClN2O3S. The van der Waals surface area contributed by atoms with E-state index in [-0.39, 0.29) is 5.97 Å². The summed E-state index contributed by atoms with van der Waals surface area (Å²) in [5.74, 6) is 1.25. The second kappa shape index (κ2) is 8.76. The molecule has 4 aromatic rings. The van der Waals surface area contributed by atoms with Crippen LogP contribution in [0.3, 0.4) is 0 Å². The van der Waals surface area contributed by atoms with Crippen LogP contribution in [0.25, 0.3) is 11.0 Å². The Kier molecular flexibility index (Phi) is 5.92. The van der Waals surface area contributed by atoms with Crippen molar-refractivity contribution in [3.63, 3.8) is 0 Å². The number of hydrogen-bond donors (Lipinski definition) is 0. The molecule has 148 valence electrons. The van der Waals surface area contributed by atoms with Crippen LogP contribution in [0.5, 0.6) is 0 Å². The minimum Gasteiger partial charge on any atom is -0.467 e. The molecule has 0 amide bonds. The van der Waals surface area contributed by atoms with E-state index in [1.165, 1.54) is 0 Å². The Bertz CT molecular complexity index is 1120. The first-order chi connectivity index (χ1) is 14.1. The fraction of sp³-hybridized carbons (Fsp3) is 0.182. The summed E-state index contributed by atoms with van der Waals surface area (Å²) in [4.78, 5) is 16.9. The maximum atomic E-state index is 12.1. The van der Waals surface area contributed by atoms with Gasteiger partial charge in [-0.25, -0.2) is 9.78 Å². The molecule has 7 heteroatoms. The molecule has 0 saturated heterocycles. The highest BCUT2D eigenvalue weighted by molar-refractivity contribution is 7.98. The number of nitrogens with zero attached hydrogens (tertiary/aromatic N) is 2. The molecule has 5 nitrogen and oxygen atoms in total. The highest BCUT2D eigenvalue weighted by Gasteiger charge is 2.16. The second-order valence-electron chi connectivity index (χ2n) is 6.40. The number of rotatable bonds is 7. The molecule has 4 rings (SSSR count). The van der Waals surface area contributed by atoms with E-state index >= 15 is 0 Å². The Morgan fingerprint density at radius 2 is 2.03 bits per heavy atom. The Balaban J connectivity index is 1.67. The van der Waals surface area contributed by atoms with Gasteiger partial charge in [0.05, 0.1) is 36.0 Å². The number of fused-ring (bicyclic) bond motifs is 1. The molecule has 0 saturated carbocycles. The van der Waals surface area contributed by atoms with Gasteiger partial charge < -0.3 is 13.7 Å². The normalized spacial score (nSPS) is 11.1. The molecule has 0 N–H and O–H groups in total. The number of esters is 1. The van der Waals surface area contributed by atoms with E-state index in [0.717, 1.165) is 38.3 Å². The standard InChI is InChI=1S/C22H19ClN2O3S/c1-2-27-21(26)16-7-10-20-19(12-16)24-22(25(20)13-18-4-3-11-28-18)29-14-15-5-8-17(23)9-6-15/h3-12H,2,13-14H2,1H3. The molecule has 0 aliphatic heterocycles. The third-order valence-electron chi connectivity index (χ3n) is 4.40. The smallest absolute Gasteiger partial charge is 0.338 e. The third-order valence-corrected chi connectivity index (χ3v) is 5.70. The minimum atomic E-state index is -0.342. The van der Waals surface area contributed by atoms with Crippen molar-refractivity contribution in [1.82, 2.24) is 9.55 Å². The van der Waals surface area contributed by atoms with Gasteiger partial charge in [-0.05, 0) is 55.0 Å². The van der Waals surface area contributed by atoms with Crippen molar-refractivity contribution in [2.75, 3.05) is 6.61 Å². The molecule has 0 radical (unpaired) electrons. The van der Waals surface area contributed by atoms with Gasteiger partial charge in [0.25, 0.3) is 0 Å². The molecule has 2 aromatic heterocycles. The van der Waals surface area contributed by atoms with Gasteiger partial charge in [-0.1, -0.05) is 35.5 Å². The quantitative estimate of drug-likeness (QED) is 0.276. The zero-order chi connectivity index (χ0) is 20.2. The van der Waals surface area contributed by atoms with Crippen molar-refractivity contribution < 1.29 is 13.9 Å². The van der Waals surface area contributed by atoms with Gasteiger partial charge in [-0.3, -0.25) is 0 Å². The number of carbonyl (C=O) groups excluding carboxylic acids is 1. The SMILES string of the molecule is CCOC(=O)c1ccc2c(c1)nc(SCc1ccc(Cl)cc1)n2Cc1ccco1. The summed E-state index contributed by atoms with van der Waals surface area (Å²) in [5.41, 5.74) is 3.34. The Morgan fingerprint density at radius 1 is 1.21 bits per heavy atom. The lowest BCUT2D eigenvalue weighted by Gasteiger charge is -2.08. The monoisotopic (exact) mass is 426 g/mol. The largest absolute Gasteiger partial charge is 0.467 e. The van der Waals surface area contributed by atoms with Gasteiger partial charge >= 0.3 is 5.97 Å². The lowest BCUT2D eigenvalue weighted by Crippen LogP contribution is -2.04. The topological polar surface area (TPSA) is 57.3 Å². The first kappa shape index (κ1) is 19.6. The predicted octanol–water partition coefficient (Wildman–Crippen LogP) is 5.80. The molecule has 0 aliphatic carbocycles. The van der Waals surface area contributed by atoms with Crippen molar-refractivity contribution >= 4 is 40.4 Å². The molecule has 29 heavy (non-hydrogen) atoms. The third kappa shape index (κ3) is 4.49. The van der Waals surface area contributed by atoms with Crippen molar-refractivity contribution in [3.8, 4) is 0 Å². The number of carbonyl (C=O) groups is 1. The maximum absolute atomic E-state index is 12.1. The van der Waals surface area contributed by atoms with Crippen LogP contribution >= 0.6 is 23.4 Å². The molecular weight excluding hydrogens is 408 g/mol. The number of aromatic nitrogens is 2. The highest BCUT2D eigenvalue weighted by Crippen LogP contribution is 2.29. The molecule has 2 aromatic carbocycles. The zero-order valence-corrected chi connectivity index (χ0v) is 17.4. The van der Waals surface area contributed by atoms with Crippen molar-refractivity contribution in [2.45, 2.75) is 24.4 Å². The number of halogens is 1. The number of hydrogen-bond acceptors (Lipinski definition) is 5. The number of thioether (sulfide) groups is 1. The summed E-state index contributed by atoms with van der Waals surface area (Å²) in [6.45, 7) is 2.69. The zero-order valence-electron chi connectivity index (χ0n) is 15.8. The minimum absolute atomic E-state index is 0.339. The number of ether oxygens (including phenoxy) is 1. The van der Waals surface area contributed by atoms with Gasteiger partial charge in [0.1, 0.15) is 5.76 Å². The first-order valence-electron chi connectivity index (χ1n) is 9.21. The van der Waals surface area contributed by atoms with E-state index < -0.39 is 0 Å². The van der Waals surface area contributed by atoms with Crippen molar-refractivity contribution in [1.29, 1.82) is 0 Å². The van der Waals surface area contributed by atoms with E-state index in [2.05, 4.69) is 4.57 Å². The number of benzene rings is 2. The lowest BCUT2D eigenvalue weighted by molar-refractivity contribution is 0.0526. The van der Waals surface area contributed by atoms with Crippen LogP contribution < -0.4 is 0 Å². The van der Waals surface area contributed by atoms with Gasteiger partial charge in [0.2, 0.25) is 0 Å². The van der Waals surface area contributed by atoms with E-state index in [1.807, 2.05) is 42.5 Å². The Morgan fingerprint density at radius 3 is 2.76 bits per heavy atom. The van der Waals surface area contributed by atoms with Crippen LogP contribution in [0.15, 0.2) is 70.4 Å². The second-order valence-corrected chi connectivity index (χ2v) is 7.78. The molecule has 0 bridgehead atoms. The fourth-order valence-electron chi connectivity index (χ4n) is 3.00. The summed E-state index contributed by atoms with van der Waals surface area (Å²) in [5, 5.41) is 1.57. The summed E-state index contributed by atoms with van der Waals surface area (Å²) < 4.78 is 12.7. The van der Waals surface area contributed by atoms with Crippen LogP contribution in [0.1, 0.15) is 28.6 Å². The molecule has 2 heterocycles. The van der Waals surface area contributed by atoms with E-state index in [9.17, 15) is 4.79 Å². The molecule has 0 fully saturated rings. The Hall–Kier alpha value is -2.70. The number of furan rings is 1. The fourth-order valence-corrected chi connectivity index (χ4v) is 4.09. The van der Waals surface area contributed by atoms with E-state index in [4.69, 9.17) is 25.7 Å². The van der Waals surface area contributed by atoms with Crippen molar-refractivity contribution in [3.05, 3.63) is 82.8 Å². The van der Waals surface area contributed by atoms with Crippen molar-refractivity contribution in [2.24, 2.45) is 0 Å². The van der Waals surface area contributed by atoms with Gasteiger partial charge in [-0.2, -0.15) is 0 Å². The number of imidazole rings is 1. The van der Waals surface area contributed by atoms with Gasteiger partial charge in [0, 0.05) is 10.8 Å². The molecule has 0 spiro atoms. The van der Waals surface area contributed by atoms with Gasteiger partial charge in [0.15, 0.2) is 5.16 Å². The summed E-state index contributed by atoms with van der Waals surface area (Å²) in [6, 6.07) is 17.0. The molecule has 0 aliphatic rings. The molecule has 0 unspecified atom stereocenters. The van der Waals surface area contributed by atoms with Crippen LogP contribution in [-0.2, 0) is 17.0 Å². The Labute approximate surface area is 177 Å². The average Bonchev–Trinajstić information content (AvgIpc) is 3.36.